The van der Waals surface area contributed by atoms with Gasteiger partial charge in [-0.05, 0) is 101 Å². The molecule has 5 rings (SSSR count). The van der Waals surface area contributed by atoms with Crippen molar-refractivity contribution in [3.63, 3.8) is 0 Å². The van der Waals surface area contributed by atoms with Gasteiger partial charge in [-0.1, -0.05) is 24.3 Å². The molecule has 7 heteroatoms. The van der Waals surface area contributed by atoms with E-state index in [0.717, 1.165) is 51.6 Å². The van der Waals surface area contributed by atoms with Crippen LogP contribution in [0.1, 0.15) is 91.2 Å². The lowest BCUT2D eigenvalue weighted by atomic mass is 9.63. The minimum Gasteiger partial charge on any atom is -0.450 e. The molecule has 36 heavy (non-hydrogen) atoms. The van der Waals surface area contributed by atoms with E-state index in [2.05, 4.69) is 39.4 Å². The summed E-state index contributed by atoms with van der Waals surface area (Å²) in [4.78, 5) is 31.4. The van der Waals surface area contributed by atoms with Crippen molar-refractivity contribution in [2.24, 2.45) is 0 Å². The number of piperidine rings is 1. The number of hydrogen-bond donors (Lipinski definition) is 1. The van der Waals surface area contributed by atoms with Crippen LogP contribution in [0.3, 0.4) is 0 Å². The number of amides is 3. The molecule has 3 fully saturated rings. The van der Waals surface area contributed by atoms with Crippen LogP contribution in [0.5, 0.6) is 0 Å². The predicted molar refractivity (Wildman–Crippen MR) is 145 cm³/mol. The molecule has 3 amide bonds. The average molecular weight is 501 g/mol. The zero-order valence-electron chi connectivity index (χ0n) is 22.4. The molecular formula is C29H48N4O3. The van der Waals surface area contributed by atoms with Crippen LogP contribution < -0.4 is 5.32 Å². The number of nitrogens with one attached hydrogen (secondary N) is 1. The number of carbonyl (C=O) groups excluding carboxylic acids is 2. The van der Waals surface area contributed by atoms with E-state index in [9.17, 15) is 9.59 Å². The molecular weight excluding hydrogens is 452 g/mol. The van der Waals surface area contributed by atoms with Gasteiger partial charge in [-0.25, -0.2) is 9.59 Å². The second-order valence-corrected chi connectivity index (χ2v) is 11.6. The van der Waals surface area contributed by atoms with Crippen molar-refractivity contribution in [2.45, 2.75) is 101 Å². The number of fused-ring (bicyclic) bond motifs is 4. The first kappa shape index (κ1) is 25.4. The molecule has 0 aromatic heterocycles. The summed E-state index contributed by atoms with van der Waals surface area (Å²) in [7, 11) is 3.60. The Balaban J connectivity index is 0.00000200. The maximum Gasteiger partial charge on any atom is 0.410 e. The summed E-state index contributed by atoms with van der Waals surface area (Å²) in [6.07, 6.45) is 11.2. The summed E-state index contributed by atoms with van der Waals surface area (Å²) in [6, 6.07) is 10.2. The molecule has 2 bridgehead atoms. The predicted octanol–water partition coefficient (Wildman–Crippen LogP) is 5.55. The molecule has 1 aliphatic carbocycles. The number of urea groups is 1. The molecule has 0 radical (unpaired) electrons. The summed E-state index contributed by atoms with van der Waals surface area (Å²) in [5.74, 6) is 0. The van der Waals surface area contributed by atoms with E-state index in [4.69, 9.17) is 4.74 Å². The Kier molecular flexibility index (Phi) is 7.47. The van der Waals surface area contributed by atoms with E-state index >= 15 is 0 Å². The van der Waals surface area contributed by atoms with E-state index in [1.165, 1.54) is 36.8 Å². The van der Waals surface area contributed by atoms with Gasteiger partial charge >= 0.3 is 12.1 Å². The van der Waals surface area contributed by atoms with Crippen molar-refractivity contribution >= 4 is 12.1 Å². The smallest absolute Gasteiger partial charge is 0.410 e. The molecule has 4 aliphatic rings. The van der Waals surface area contributed by atoms with Crippen LogP contribution in [-0.2, 0) is 10.2 Å². The van der Waals surface area contributed by atoms with Crippen LogP contribution >= 0.6 is 0 Å². The average Bonchev–Trinajstić information content (AvgIpc) is 3.32. The SMILES string of the molecule is CCOC(=O)N1C2CCC(N3CCC4(CC[C@H](NC(=O)N(C)C)c5ccccc54)CC3)CCC1CC2.[HH].[HH]. The Morgan fingerprint density at radius 1 is 0.972 bits per heavy atom. The highest BCUT2D eigenvalue weighted by molar-refractivity contribution is 5.74. The van der Waals surface area contributed by atoms with Crippen LogP contribution in [0.25, 0.3) is 0 Å². The third-order valence-electron chi connectivity index (χ3n) is 9.56. The minimum absolute atomic E-state index is 0. The van der Waals surface area contributed by atoms with E-state index in [0.29, 0.717) is 24.7 Å². The molecule has 7 nitrogen and oxygen atoms in total. The van der Waals surface area contributed by atoms with Crippen LogP contribution in [0, 0.1) is 0 Å². The number of nitrogens with zero attached hydrogens (tertiary/aromatic N) is 3. The summed E-state index contributed by atoms with van der Waals surface area (Å²) >= 11 is 0. The first-order valence-corrected chi connectivity index (χ1v) is 14.2. The van der Waals surface area contributed by atoms with Gasteiger partial charge in [0.25, 0.3) is 0 Å². The lowest BCUT2D eigenvalue weighted by Crippen LogP contribution is -2.51. The van der Waals surface area contributed by atoms with Crippen molar-refractivity contribution in [2.75, 3.05) is 33.8 Å². The molecule has 202 valence electrons. The minimum atomic E-state index is -0.0978. The highest BCUT2D eigenvalue weighted by Gasteiger charge is 2.44. The van der Waals surface area contributed by atoms with Gasteiger partial charge in [-0.15, -0.1) is 0 Å². The molecule has 1 N–H and O–H groups in total. The molecule has 1 spiro atoms. The highest BCUT2D eigenvalue weighted by atomic mass is 16.6. The van der Waals surface area contributed by atoms with Crippen molar-refractivity contribution < 1.29 is 17.2 Å². The van der Waals surface area contributed by atoms with Crippen LogP contribution in [0.4, 0.5) is 9.59 Å². The zero-order chi connectivity index (χ0) is 25.3. The number of carbonyl (C=O) groups is 2. The topological polar surface area (TPSA) is 65.1 Å². The van der Waals surface area contributed by atoms with Crippen molar-refractivity contribution in [3.8, 4) is 0 Å². The van der Waals surface area contributed by atoms with Gasteiger partial charge < -0.3 is 24.8 Å². The molecule has 2 unspecified atom stereocenters. The van der Waals surface area contributed by atoms with E-state index in [-0.39, 0.29) is 26.4 Å². The summed E-state index contributed by atoms with van der Waals surface area (Å²) < 4.78 is 5.39. The van der Waals surface area contributed by atoms with E-state index in [1.54, 1.807) is 19.0 Å². The summed E-state index contributed by atoms with van der Waals surface area (Å²) in [6.45, 7) is 4.64. The van der Waals surface area contributed by atoms with Gasteiger partial charge in [0.1, 0.15) is 0 Å². The third kappa shape index (κ3) is 4.83. The van der Waals surface area contributed by atoms with Gasteiger partial charge in [0.05, 0.1) is 12.6 Å². The monoisotopic (exact) mass is 500 g/mol. The Labute approximate surface area is 219 Å². The van der Waals surface area contributed by atoms with E-state index < -0.39 is 0 Å². The Bertz CT molecular complexity index is 938. The standard InChI is InChI=1S/C29H44N4O3.2H2/c1-4-36-28(35)33-22-11-9-21(10-12-23(33)14-13-22)32-19-17-29(18-20-32)16-15-26(30-27(34)31(2)3)24-7-5-6-8-25(24)29;;/h5-8,21-23,26H,4,9-20H2,1-3H3,(H,30,34);2*1H/t21?,22?,23?,26-;;/m0../s1. The Morgan fingerprint density at radius 2 is 1.58 bits per heavy atom. The quantitative estimate of drug-likeness (QED) is 0.591. The second-order valence-electron chi connectivity index (χ2n) is 11.6. The van der Waals surface area contributed by atoms with Crippen molar-refractivity contribution in [3.05, 3.63) is 35.4 Å². The van der Waals surface area contributed by atoms with E-state index in [1.807, 2.05) is 6.92 Å². The van der Waals surface area contributed by atoms with Gasteiger partial charge in [-0.3, -0.25) is 0 Å². The van der Waals surface area contributed by atoms with Crippen LogP contribution in [0.15, 0.2) is 24.3 Å². The summed E-state index contributed by atoms with van der Waals surface area (Å²) in [5, 5.41) is 3.24. The zero-order valence-corrected chi connectivity index (χ0v) is 22.4. The fourth-order valence-corrected chi connectivity index (χ4v) is 7.56. The highest BCUT2D eigenvalue weighted by Crippen LogP contribution is 2.48. The summed E-state index contributed by atoms with van der Waals surface area (Å²) in [5.41, 5.74) is 3.00. The Hall–Kier alpha value is -2.28. The normalized spacial score (nSPS) is 29.7. The third-order valence-corrected chi connectivity index (χ3v) is 9.56. The maximum atomic E-state index is 12.6. The molecule has 0 saturated carbocycles. The lowest BCUT2D eigenvalue weighted by molar-refractivity contribution is 0.0556. The fraction of sp³-hybridized carbons (Fsp3) is 0.724. The van der Waals surface area contributed by atoms with Crippen LogP contribution in [-0.4, -0.2) is 78.7 Å². The number of rotatable bonds is 3. The van der Waals surface area contributed by atoms with Crippen molar-refractivity contribution in [1.82, 2.24) is 20.0 Å². The van der Waals surface area contributed by atoms with Crippen LogP contribution in [0.2, 0.25) is 0 Å². The Morgan fingerprint density at radius 3 is 2.19 bits per heavy atom. The molecule has 3 atom stereocenters. The first-order valence-electron chi connectivity index (χ1n) is 14.2. The number of likely N-dealkylation sites (tertiary alicyclic amines) is 1. The molecule has 3 saturated heterocycles. The lowest BCUT2D eigenvalue weighted by Gasteiger charge is -2.49. The first-order chi connectivity index (χ1) is 17.4. The molecule has 1 aromatic rings. The largest absolute Gasteiger partial charge is 0.450 e. The molecule has 3 heterocycles. The van der Waals surface area contributed by atoms with Gasteiger partial charge in [-0.2, -0.15) is 0 Å². The molecule has 1 aromatic carbocycles. The number of ether oxygens (including phenoxy) is 1. The van der Waals surface area contributed by atoms with Gasteiger partial charge in [0.2, 0.25) is 0 Å². The van der Waals surface area contributed by atoms with Crippen molar-refractivity contribution in [1.29, 1.82) is 0 Å². The maximum absolute atomic E-state index is 12.6. The molecule has 3 aliphatic heterocycles. The number of hydrogen-bond acceptors (Lipinski definition) is 4. The van der Waals surface area contributed by atoms with Gasteiger partial charge in [0, 0.05) is 35.1 Å². The van der Waals surface area contributed by atoms with Gasteiger partial charge in [0.15, 0.2) is 0 Å². The second kappa shape index (κ2) is 10.6. The fourth-order valence-electron chi connectivity index (χ4n) is 7.56. The number of benzene rings is 1.